The summed E-state index contributed by atoms with van der Waals surface area (Å²) in [6.45, 7) is 0. The zero-order chi connectivity index (χ0) is 7.68. The van der Waals surface area contributed by atoms with Crippen LogP contribution in [0.15, 0.2) is 23.5 Å². The van der Waals surface area contributed by atoms with E-state index in [0.29, 0.717) is 6.42 Å². The highest BCUT2D eigenvalue weighted by atomic mass is 16.5. The highest BCUT2D eigenvalue weighted by Crippen LogP contribution is 2.28. The summed E-state index contributed by atoms with van der Waals surface area (Å²) < 4.78 is 5.04. The summed E-state index contributed by atoms with van der Waals surface area (Å²) in [4.78, 5) is 10.8. The van der Waals surface area contributed by atoms with Crippen molar-refractivity contribution in [2.45, 2.75) is 25.7 Å². The Hall–Kier alpha value is -1.05. The van der Waals surface area contributed by atoms with E-state index < -0.39 is 0 Å². The number of hydrogen-bond acceptors (Lipinski definition) is 2. The van der Waals surface area contributed by atoms with Crippen LogP contribution in [0.1, 0.15) is 25.7 Å². The SMILES string of the molecule is O=C1CC=C2CCCC=C2O1. The van der Waals surface area contributed by atoms with Gasteiger partial charge in [0.25, 0.3) is 0 Å². The molecule has 0 radical (unpaired) electrons. The number of rotatable bonds is 0. The van der Waals surface area contributed by atoms with Gasteiger partial charge >= 0.3 is 5.97 Å². The number of fused-ring (bicyclic) bond motifs is 1. The van der Waals surface area contributed by atoms with Crippen molar-refractivity contribution in [2.75, 3.05) is 0 Å². The minimum atomic E-state index is -0.123. The van der Waals surface area contributed by atoms with Crippen LogP contribution in [0.3, 0.4) is 0 Å². The van der Waals surface area contributed by atoms with Gasteiger partial charge in [0.15, 0.2) is 0 Å². The maximum absolute atomic E-state index is 10.8. The predicted octanol–water partition coefficient (Wildman–Crippen LogP) is 1.93. The lowest BCUT2D eigenvalue weighted by Gasteiger charge is -2.19. The summed E-state index contributed by atoms with van der Waals surface area (Å²) in [6, 6.07) is 0. The molecule has 2 nitrogen and oxygen atoms in total. The fourth-order valence-corrected chi connectivity index (χ4v) is 1.46. The first-order chi connectivity index (χ1) is 5.36. The summed E-state index contributed by atoms with van der Waals surface area (Å²) in [5, 5.41) is 0. The minimum Gasteiger partial charge on any atom is -0.426 e. The summed E-state index contributed by atoms with van der Waals surface area (Å²) in [5.74, 6) is 0.689. The second-order valence-corrected chi connectivity index (χ2v) is 2.87. The van der Waals surface area contributed by atoms with Gasteiger partial charge in [-0.15, -0.1) is 0 Å². The molecule has 0 aromatic rings. The van der Waals surface area contributed by atoms with Gasteiger partial charge in [-0.05, 0) is 30.9 Å². The highest BCUT2D eigenvalue weighted by molar-refractivity contribution is 5.75. The zero-order valence-corrected chi connectivity index (χ0v) is 6.30. The van der Waals surface area contributed by atoms with E-state index in [2.05, 4.69) is 0 Å². The molecule has 2 aliphatic rings. The average molecular weight is 150 g/mol. The minimum absolute atomic E-state index is 0.123. The highest BCUT2D eigenvalue weighted by Gasteiger charge is 2.18. The lowest BCUT2D eigenvalue weighted by Crippen LogP contribution is -2.12. The van der Waals surface area contributed by atoms with E-state index in [1.807, 2.05) is 12.2 Å². The third-order valence-corrected chi connectivity index (χ3v) is 2.04. The number of hydrogen-bond donors (Lipinski definition) is 0. The monoisotopic (exact) mass is 150 g/mol. The van der Waals surface area contributed by atoms with Crippen molar-refractivity contribution in [1.82, 2.24) is 0 Å². The maximum Gasteiger partial charge on any atom is 0.315 e. The van der Waals surface area contributed by atoms with Crippen LogP contribution in [0.5, 0.6) is 0 Å². The van der Waals surface area contributed by atoms with Crippen molar-refractivity contribution in [1.29, 1.82) is 0 Å². The van der Waals surface area contributed by atoms with Gasteiger partial charge in [-0.25, -0.2) is 0 Å². The van der Waals surface area contributed by atoms with Gasteiger partial charge in [0.1, 0.15) is 5.76 Å². The standard InChI is InChI=1S/C9H10O2/c10-9-6-5-7-3-1-2-4-8(7)11-9/h4-5H,1-3,6H2. The zero-order valence-electron chi connectivity index (χ0n) is 6.30. The van der Waals surface area contributed by atoms with Crippen LogP contribution in [0, 0.1) is 0 Å². The Morgan fingerprint density at radius 1 is 1.36 bits per heavy atom. The second-order valence-electron chi connectivity index (χ2n) is 2.87. The van der Waals surface area contributed by atoms with Crippen molar-refractivity contribution in [2.24, 2.45) is 0 Å². The Kier molecular flexibility index (Phi) is 1.53. The molecule has 58 valence electrons. The molecule has 0 aromatic carbocycles. The van der Waals surface area contributed by atoms with E-state index in [9.17, 15) is 4.79 Å². The Morgan fingerprint density at radius 3 is 3.18 bits per heavy atom. The van der Waals surface area contributed by atoms with E-state index in [1.165, 1.54) is 12.0 Å². The van der Waals surface area contributed by atoms with Crippen LogP contribution in [-0.4, -0.2) is 5.97 Å². The molecule has 0 spiro atoms. The maximum atomic E-state index is 10.8. The van der Waals surface area contributed by atoms with E-state index >= 15 is 0 Å². The van der Waals surface area contributed by atoms with Crippen molar-refractivity contribution >= 4 is 5.97 Å². The molecule has 11 heavy (non-hydrogen) atoms. The molecule has 0 amide bonds. The summed E-state index contributed by atoms with van der Waals surface area (Å²) in [7, 11) is 0. The molecule has 0 N–H and O–H groups in total. The first-order valence-corrected chi connectivity index (χ1v) is 3.96. The summed E-state index contributed by atoms with van der Waals surface area (Å²) in [6.07, 6.45) is 7.74. The number of esters is 1. The van der Waals surface area contributed by atoms with E-state index in [-0.39, 0.29) is 5.97 Å². The molecular formula is C9H10O2. The molecule has 0 saturated heterocycles. The molecule has 2 rings (SSSR count). The summed E-state index contributed by atoms with van der Waals surface area (Å²) >= 11 is 0. The third-order valence-electron chi connectivity index (χ3n) is 2.04. The fourth-order valence-electron chi connectivity index (χ4n) is 1.46. The predicted molar refractivity (Wildman–Crippen MR) is 40.7 cm³/mol. The van der Waals surface area contributed by atoms with Crippen LogP contribution in [0.25, 0.3) is 0 Å². The molecule has 2 heteroatoms. The average Bonchev–Trinajstić information content (AvgIpc) is 2.04. The normalized spacial score (nSPS) is 23.1. The first kappa shape index (κ1) is 6.65. The smallest absolute Gasteiger partial charge is 0.315 e. The molecule has 0 atom stereocenters. The quantitative estimate of drug-likeness (QED) is 0.493. The third kappa shape index (κ3) is 1.20. The Bertz CT molecular complexity index is 248. The molecule has 1 heterocycles. The molecular weight excluding hydrogens is 140 g/mol. The Balaban J connectivity index is 2.29. The van der Waals surface area contributed by atoms with Gasteiger partial charge in [0, 0.05) is 0 Å². The van der Waals surface area contributed by atoms with Gasteiger partial charge in [-0.3, -0.25) is 4.79 Å². The Morgan fingerprint density at radius 2 is 2.27 bits per heavy atom. The van der Waals surface area contributed by atoms with Gasteiger partial charge in [-0.1, -0.05) is 6.08 Å². The fraction of sp³-hybridized carbons (Fsp3) is 0.444. The van der Waals surface area contributed by atoms with Gasteiger partial charge in [0.05, 0.1) is 6.42 Å². The van der Waals surface area contributed by atoms with Crippen LogP contribution in [-0.2, 0) is 9.53 Å². The van der Waals surface area contributed by atoms with E-state index in [0.717, 1.165) is 18.6 Å². The topological polar surface area (TPSA) is 26.3 Å². The van der Waals surface area contributed by atoms with Crippen LogP contribution in [0.4, 0.5) is 0 Å². The van der Waals surface area contributed by atoms with Crippen LogP contribution >= 0.6 is 0 Å². The van der Waals surface area contributed by atoms with Gasteiger partial charge < -0.3 is 4.74 Å². The summed E-state index contributed by atoms with van der Waals surface area (Å²) in [5.41, 5.74) is 1.22. The molecule has 1 aliphatic heterocycles. The van der Waals surface area contributed by atoms with Crippen molar-refractivity contribution in [3.05, 3.63) is 23.5 Å². The number of carbonyl (C=O) groups is 1. The molecule has 0 fully saturated rings. The van der Waals surface area contributed by atoms with Crippen molar-refractivity contribution in [3.8, 4) is 0 Å². The molecule has 0 saturated carbocycles. The van der Waals surface area contributed by atoms with E-state index in [1.54, 1.807) is 0 Å². The second kappa shape index (κ2) is 2.53. The van der Waals surface area contributed by atoms with Gasteiger partial charge in [-0.2, -0.15) is 0 Å². The first-order valence-electron chi connectivity index (χ1n) is 3.96. The molecule has 0 aromatic heterocycles. The van der Waals surface area contributed by atoms with Crippen molar-refractivity contribution in [3.63, 3.8) is 0 Å². The van der Waals surface area contributed by atoms with E-state index in [4.69, 9.17) is 4.74 Å². The molecule has 0 unspecified atom stereocenters. The molecule has 1 aliphatic carbocycles. The lowest BCUT2D eigenvalue weighted by atomic mass is 9.98. The van der Waals surface area contributed by atoms with Crippen LogP contribution < -0.4 is 0 Å². The number of ether oxygens (including phenoxy) is 1. The van der Waals surface area contributed by atoms with Crippen LogP contribution in [0.2, 0.25) is 0 Å². The lowest BCUT2D eigenvalue weighted by molar-refractivity contribution is -0.138. The largest absolute Gasteiger partial charge is 0.426 e. The number of carbonyl (C=O) groups excluding carboxylic acids is 1. The van der Waals surface area contributed by atoms with Gasteiger partial charge in [0.2, 0.25) is 0 Å². The Labute approximate surface area is 65.5 Å². The van der Waals surface area contributed by atoms with Crippen molar-refractivity contribution < 1.29 is 9.53 Å². The molecule has 0 bridgehead atoms. The number of allylic oxidation sites excluding steroid dienone is 2.